The van der Waals surface area contributed by atoms with Crippen LogP contribution >= 0.6 is 0 Å². The Morgan fingerprint density at radius 1 is 1.40 bits per heavy atom. The molecule has 0 aliphatic carbocycles. The third-order valence-corrected chi connectivity index (χ3v) is 3.42. The molecule has 2 heterocycles. The zero-order chi connectivity index (χ0) is 11.0. The molecule has 0 aromatic heterocycles. The average Bonchev–Trinajstić information content (AvgIpc) is 2.74. The summed E-state index contributed by atoms with van der Waals surface area (Å²) in [7, 11) is 0. The van der Waals surface area contributed by atoms with E-state index in [0.717, 1.165) is 12.8 Å². The van der Waals surface area contributed by atoms with E-state index in [1.807, 2.05) is 0 Å². The molecule has 3 unspecified atom stereocenters. The Morgan fingerprint density at radius 3 is 2.67 bits per heavy atom. The van der Waals surface area contributed by atoms with Gasteiger partial charge in [0.05, 0.1) is 5.92 Å². The van der Waals surface area contributed by atoms with Crippen molar-refractivity contribution in [3.05, 3.63) is 12.2 Å². The summed E-state index contributed by atoms with van der Waals surface area (Å²) in [6, 6.07) is 0.0796. The normalized spacial score (nSPS) is 33.9. The Kier molecular flexibility index (Phi) is 2.50. The van der Waals surface area contributed by atoms with Gasteiger partial charge in [0.15, 0.2) is 0 Å². The lowest BCUT2D eigenvalue weighted by molar-refractivity contribution is -0.143. The SMILES string of the molecule is CC=CC(=O)N1C2CCC1C(C(=O)O)C2. The second kappa shape index (κ2) is 3.68. The molecule has 0 aromatic rings. The fraction of sp³-hybridized carbons (Fsp3) is 0.636. The van der Waals surface area contributed by atoms with Crippen molar-refractivity contribution in [2.45, 2.75) is 38.3 Å². The van der Waals surface area contributed by atoms with E-state index < -0.39 is 5.97 Å². The van der Waals surface area contributed by atoms with Crippen LogP contribution in [0.1, 0.15) is 26.2 Å². The van der Waals surface area contributed by atoms with Crippen LogP contribution < -0.4 is 0 Å². The number of rotatable bonds is 2. The lowest BCUT2D eigenvalue weighted by atomic mass is 9.89. The first-order valence-electron chi connectivity index (χ1n) is 5.33. The number of hydrogen-bond acceptors (Lipinski definition) is 2. The first kappa shape index (κ1) is 10.2. The molecule has 0 spiro atoms. The zero-order valence-electron chi connectivity index (χ0n) is 8.72. The molecule has 2 saturated heterocycles. The molecule has 4 nitrogen and oxygen atoms in total. The number of carbonyl (C=O) groups excluding carboxylic acids is 1. The predicted octanol–water partition coefficient (Wildman–Crippen LogP) is 1.03. The molecule has 2 fully saturated rings. The average molecular weight is 209 g/mol. The lowest BCUT2D eigenvalue weighted by Crippen LogP contribution is -2.36. The molecule has 1 N–H and O–H groups in total. The maximum Gasteiger partial charge on any atom is 0.308 e. The Hall–Kier alpha value is -1.32. The van der Waals surface area contributed by atoms with Crippen LogP contribution in [0.2, 0.25) is 0 Å². The van der Waals surface area contributed by atoms with Gasteiger partial charge in [-0.05, 0) is 32.3 Å². The maximum atomic E-state index is 11.7. The quantitative estimate of drug-likeness (QED) is 0.691. The number of carboxylic acid groups (broad SMARTS) is 1. The van der Waals surface area contributed by atoms with Gasteiger partial charge in [-0.1, -0.05) is 6.08 Å². The first-order chi connectivity index (χ1) is 7.15. The molecule has 3 atom stereocenters. The second-order valence-corrected chi connectivity index (χ2v) is 4.22. The Bertz CT molecular complexity index is 324. The van der Waals surface area contributed by atoms with Crippen molar-refractivity contribution in [3.8, 4) is 0 Å². The monoisotopic (exact) mass is 209 g/mol. The van der Waals surface area contributed by atoms with Crippen LogP contribution in [0, 0.1) is 5.92 Å². The van der Waals surface area contributed by atoms with E-state index in [-0.39, 0.29) is 23.9 Å². The van der Waals surface area contributed by atoms with E-state index in [2.05, 4.69) is 0 Å². The van der Waals surface area contributed by atoms with Gasteiger partial charge in [0, 0.05) is 12.1 Å². The van der Waals surface area contributed by atoms with Crippen LogP contribution in [0.15, 0.2) is 12.2 Å². The van der Waals surface area contributed by atoms with Crippen LogP contribution in [0.3, 0.4) is 0 Å². The third-order valence-electron chi connectivity index (χ3n) is 3.42. The van der Waals surface area contributed by atoms with Crippen molar-refractivity contribution in [2.75, 3.05) is 0 Å². The van der Waals surface area contributed by atoms with E-state index in [9.17, 15) is 9.59 Å². The van der Waals surface area contributed by atoms with Gasteiger partial charge in [-0.15, -0.1) is 0 Å². The van der Waals surface area contributed by atoms with Crippen LogP contribution in [0.5, 0.6) is 0 Å². The second-order valence-electron chi connectivity index (χ2n) is 4.22. The van der Waals surface area contributed by atoms with Gasteiger partial charge in [-0.2, -0.15) is 0 Å². The molecule has 0 aromatic carbocycles. The van der Waals surface area contributed by atoms with E-state index in [4.69, 9.17) is 5.11 Å². The van der Waals surface area contributed by atoms with Crippen molar-refractivity contribution in [1.29, 1.82) is 0 Å². The van der Waals surface area contributed by atoms with E-state index >= 15 is 0 Å². The number of nitrogens with zero attached hydrogens (tertiary/aromatic N) is 1. The molecule has 0 saturated carbocycles. The van der Waals surface area contributed by atoms with Gasteiger partial charge in [0.25, 0.3) is 0 Å². The maximum absolute atomic E-state index is 11.7. The van der Waals surface area contributed by atoms with Crippen molar-refractivity contribution >= 4 is 11.9 Å². The van der Waals surface area contributed by atoms with Crippen molar-refractivity contribution < 1.29 is 14.7 Å². The summed E-state index contributed by atoms with van der Waals surface area (Å²) < 4.78 is 0. The number of aliphatic carboxylic acids is 1. The molecule has 2 aliphatic heterocycles. The van der Waals surface area contributed by atoms with Gasteiger partial charge in [0.1, 0.15) is 0 Å². The lowest BCUT2D eigenvalue weighted by Gasteiger charge is -2.21. The molecule has 4 heteroatoms. The Balaban J connectivity index is 2.16. The van der Waals surface area contributed by atoms with Gasteiger partial charge < -0.3 is 10.0 Å². The molecule has 0 radical (unpaired) electrons. The zero-order valence-corrected chi connectivity index (χ0v) is 8.72. The van der Waals surface area contributed by atoms with Gasteiger partial charge >= 0.3 is 5.97 Å². The van der Waals surface area contributed by atoms with Crippen molar-refractivity contribution in [2.24, 2.45) is 5.92 Å². The van der Waals surface area contributed by atoms with E-state index in [1.54, 1.807) is 17.9 Å². The predicted molar refractivity (Wildman–Crippen MR) is 54.2 cm³/mol. The van der Waals surface area contributed by atoms with Crippen LogP contribution in [-0.4, -0.2) is 34.0 Å². The number of fused-ring (bicyclic) bond motifs is 2. The fourth-order valence-electron chi connectivity index (χ4n) is 2.83. The highest BCUT2D eigenvalue weighted by Crippen LogP contribution is 2.41. The Labute approximate surface area is 88.6 Å². The number of carboxylic acids is 1. The van der Waals surface area contributed by atoms with Crippen molar-refractivity contribution in [1.82, 2.24) is 4.90 Å². The number of amides is 1. The summed E-state index contributed by atoms with van der Waals surface area (Å²) in [5.74, 6) is -1.15. The van der Waals surface area contributed by atoms with Gasteiger partial charge in [-0.3, -0.25) is 9.59 Å². The molecule has 1 amide bonds. The summed E-state index contributed by atoms with van der Waals surface area (Å²) in [5.41, 5.74) is 0. The van der Waals surface area contributed by atoms with Gasteiger partial charge in [-0.25, -0.2) is 0 Å². The highest BCUT2D eigenvalue weighted by Gasteiger charge is 2.50. The first-order valence-corrected chi connectivity index (χ1v) is 5.33. The standard InChI is InChI=1S/C11H15NO3/c1-2-3-10(13)12-7-4-5-9(12)8(6-7)11(14)15/h2-3,7-9H,4-6H2,1H3,(H,14,15). The fourth-order valence-corrected chi connectivity index (χ4v) is 2.83. The van der Waals surface area contributed by atoms with Gasteiger partial charge in [0.2, 0.25) is 5.91 Å². The highest BCUT2D eigenvalue weighted by atomic mass is 16.4. The highest BCUT2D eigenvalue weighted by molar-refractivity contribution is 5.89. The summed E-state index contributed by atoms with van der Waals surface area (Å²) in [6.07, 6.45) is 5.65. The number of allylic oxidation sites excluding steroid dienone is 1. The van der Waals surface area contributed by atoms with Crippen molar-refractivity contribution in [3.63, 3.8) is 0 Å². The summed E-state index contributed by atoms with van der Waals surface area (Å²) in [4.78, 5) is 24.4. The van der Waals surface area contributed by atoms with Crippen LogP contribution in [-0.2, 0) is 9.59 Å². The minimum atomic E-state index is -0.763. The molecule has 2 bridgehead atoms. The molecular weight excluding hydrogens is 194 g/mol. The van der Waals surface area contributed by atoms with Crippen LogP contribution in [0.4, 0.5) is 0 Å². The molecular formula is C11H15NO3. The summed E-state index contributed by atoms with van der Waals surface area (Å²) in [5, 5.41) is 9.01. The smallest absolute Gasteiger partial charge is 0.308 e. The topological polar surface area (TPSA) is 57.6 Å². The summed E-state index contributed by atoms with van der Waals surface area (Å²) in [6.45, 7) is 1.80. The Morgan fingerprint density at radius 2 is 2.13 bits per heavy atom. The van der Waals surface area contributed by atoms with E-state index in [1.165, 1.54) is 6.08 Å². The molecule has 2 rings (SSSR count). The molecule has 2 aliphatic rings. The third kappa shape index (κ3) is 1.54. The largest absolute Gasteiger partial charge is 0.481 e. The molecule has 15 heavy (non-hydrogen) atoms. The number of hydrogen-bond donors (Lipinski definition) is 1. The number of carbonyl (C=O) groups is 2. The minimum absolute atomic E-state index is 0.0336. The minimum Gasteiger partial charge on any atom is -0.481 e. The molecule has 82 valence electrons. The van der Waals surface area contributed by atoms with E-state index in [0.29, 0.717) is 6.42 Å². The summed E-state index contributed by atoms with van der Waals surface area (Å²) >= 11 is 0. The van der Waals surface area contributed by atoms with Crippen LogP contribution in [0.25, 0.3) is 0 Å².